The van der Waals surface area contributed by atoms with E-state index >= 15 is 0 Å². The van der Waals surface area contributed by atoms with Gasteiger partial charge in [-0.15, -0.1) is 0 Å². The van der Waals surface area contributed by atoms with Crippen LogP contribution in [-0.2, 0) is 0 Å². The van der Waals surface area contributed by atoms with Crippen LogP contribution in [0, 0.1) is 6.92 Å². The smallest absolute Gasteiger partial charge is 0.271 e. The standard InChI is InChI=1S/C12H15N3O/c1-3-5-13-12(16)10-8-15-6-4-9(2)7-11(15)14-10/h4,6-8H,3,5H2,1-2H3,(H,13,16). The lowest BCUT2D eigenvalue weighted by atomic mass is 10.3. The molecule has 0 radical (unpaired) electrons. The highest BCUT2D eigenvalue weighted by molar-refractivity contribution is 5.92. The zero-order valence-corrected chi connectivity index (χ0v) is 9.53. The van der Waals surface area contributed by atoms with E-state index in [9.17, 15) is 4.79 Å². The van der Waals surface area contributed by atoms with Crippen molar-refractivity contribution in [2.45, 2.75) is 20.3 Å². The Balaban J connectivity index is 2.28. The fourth-order valence-corrected chi connectivity index (χ4v) is 1.52. The number of imidazole rings is 1. The topological polar surface area (TPSA) is 46.4 Å². The highest BCUT2D eigenvalue weighted by Gasteiger charge is 2.09. The fraction of sp³-hybridized carbons (Fsp3) is 0.333. The number of aryl methyl sites for hydroxylation is 1. The summed E-state index contributed by atoms with van der Waals surface area (Å²) in [5, 5.41) is 2.81. The molecule has 0 aromatic carbocycles. The molecule has 4 heteroatoms. The highest BCUT2D eigenvalue weighted by Crippen LogP contribution is 2.07. The van der Waals surface area contributed by atoms with Crippen LogP contribution in [0.15, 0.2) is 24.5 Å². The van der Waals surface area contributed by atoms with Crippen molar-refractivity contribution < 1.29 is 4.79 Å². The minimum Gasteiger partial charge on any atom is -0.351 e. The number of carbonyl (C=O) groups excluding carboxylic acids is 1. The number of nitrogens with zero attached hydrogens (tertiary/aromatic N) is 2. The Kier molecular flexibility index (Phi) is 2.90. The minimum atomic E-state index is -0.108. The number of hydrogen-bond acceptors (Lipinski definition) is 2. The second-order valence-electron chi connectivity index (χ2n) is 3.85. The van der Waals surface area contributed by atoms with E-state index in [1.807, 2.05) is 36.6 Å². The van der Waals surface area contributed by atoms with Gasteiger partial charge in [0.1, 0.15) is 11.3 Å². The summed E-state index contributed by atoms with van der Waals surface area (Å²) in [6, 6.07) is 3.94. The van der Waals surface area contributed by atoms with Gasteiger partial charge in [0.2, 0.25) is 0 Å². The van der Waals surface area contributed by atoms with E-state index in [1.165, 1.54) is 0 Å². The van der Waals surface area contributed by atoms with Crippen molar-refractivity contribution in [3.63, 3.8) is 0 Å². The van der Waals surface area contributed by atoms with Crippen LogP contribution in [0.3, 0.4) is 0 Å². The van der Waals surface area contributed by atoms with Crippen molar-refractivity contribution in [2.24, 2.45) is 0 Å². The number of pyridine rings is 1. The first kappa shape index (κ1) is 10.7. The van der Waals surface area contributed by atoms with Crippen LogP contribution in [0.1, 0.15) is 29.4 Å². The number of hydrogen-bond donors (Lipinski definition) is 1. The Hall–Kier alpha value is -1.84. The first-order chi connectivity index (χ1) is 7.70. The third-order valence-corrected chi connectivity index (χ3v) is 2.38. The lowest BCUT2D eigenvalue weighted by Gasteiger charge is -1.98. The van der Waals surface area contributed by atoms with E-state index in [0.29, 0.717) is 12.2 Å². The van der Waals surface area contributed by atoms with Crippen molar-refractivity contribution >= 4 is 11.6 Å². The summed E-state index contributed by atoms with van der Waals surface area (Å²) in [6.07, 6.45) is 4.59. The van der Waals surface area contributed by atoms with Gasteiger partial charge < -0.3 is 9.72 Å². The summed E-state index contributed by atoms with van der Waals surface area (Å²) in [5.41, 5.74) is 2.42. The summed E-state index contributed by atoms with van der Waals surface area (Å²) in [5.74, 6) is -0.108. The molecule has 0 aliphatic carbocycles. The summed E-state index contributed by atoms with van der Waals surface area (Å²) in [7, 11) is 0. The van der Waals surface area contributed by atoms with Gasteiger partial charge in [-0.1, -0.05) is 6.92 Å². The molecule has 16 heavy (non-hydrogen) atoms. The van der Waals surface area contributed by atoms with Crippen molar-refractivity contribution in [2.75, 3.05) is 6.54 Å². The molecule has 0 fully saturated rings. The maximum absolute atomic E-state index is 11.7. The molecule has 0 saturated heterocycles. The zero-order valence-electron chi connectivity index (χ0n) is 9.53. The normalized spacial score (nSPS) is 10.6. The number of aromatic nitrogens is 2. The largest absolute Gasteiger partial charge is 0.351 e. The maximum atomic E-state index is 11.7. The van der Waals surface area contributed by atoms with Gasteiger partial charge in [0, 0.05) is 18.9 Å². The molecular formula is C12H15N3O. The molecule has 0 bridgehead atoms. The van der Waals surface area contributed by atoms with Crippen LogP contribution in [0.5, 0.6) is 0 Å². The van der Waals surface area contributed by atoms with Gasteiger partial charge in [0.15, 0.2) is 0 Å². The van der Waals surface area contributed by atoms with Gasteiger partial charge in [-0.2, -0.15) is 0 Å². The molecule has 2 heterocycles. The predicted octanol–water partition coefficient (Wildman–Crippen LogP) is 1.78. The molecule has 4 nitrogen and oxygen atoms in total. The lowest BCUT2D eigenvalue weighted by molar-refractivity contribution is 0.0949. The molecule has 1 amide bonds. The van der Waals surface area contributed by atoms with Crippen LogP contribution in [0.4, 0.5) is 0 Å². The third-order valence-electron chi connectivity index (χ3n) is 2.38. The van der Waals surface area contributed by atoms with E-state index in [1.54, 1.807) is 6.20 Å². The average molecular weight is 217 g/mol. The second-order valence-corrected chi connectivity index (χ2v) is 3.85. The van der Waals surface area contributed by atoms with Crippen LogP contribution < -0.4 is 5.32 Å². The van der Waals surface area contributed by atoms with Crippen LogP contribution in [0.25, 0.3) is 5.65 Å². The first-order valence-corrected chi connectivity index (χ1v) is 5.44. The molecule has 2 aromatic rings. The predicted molar refractivity (Wildman–Crippen MR) is 62.6 cm³/mol. The molecular weight excluding hydrogens is 202 g/mol. The molecule has 1 N–H and O–H groups in total. The number of rotatable bonds is 3. The van der Waals surface area contributed by atoms with Crippen molar-refractivity contribution in [1.82, 2.24) is 14.7 Å². The van der Waals surface area contributed by atoms with E-state index in [4.69, 9.17) is 0 Å². The van der Waals surface area contributed by atoms with E-state index in [-0.39, 0.29) is 5.91 Å². The Labute approximate surface area is 94.3 Å². The van der Waals surface area contributed by atoms with Crippen molar-refractivity contribution in [3.05, 3.63) is 35.8 Å². The van der Waals surface area contributed by atoms with Crippen LogP contribution >= 0.6 is 0 Å². The van der Waals surface area contributed by atoms with E-state index < -0.39 is 0 Å². The second kappa shape index (κ2) is 4.35. The molecule has 0 spiro atoms. The van der Waals surface area contributed by atoms with Gasteiger partial charge >= 0.3 is 0 Å². The van der Waals surface area contributed by atoms with Gasteiger partial charge in [-0.05, 0) is 31.0 Å². The Bertz CT molecular complexity index is 516. The van der Waals surface area contributed by atoms with Gasteiger partial charge in [-0.25, -0.2) is 4.98 Å². The highest BCUT2D eigenvalue weighted by atomic mass is 16.1. The van der Waals surface area contributed by atoms with E-state index in [2.05, 4.69) is 10.3 Å². The molecule has 0 atom stereocenters. The molecule has 0 unspecified atom stereocenters. The van der Waals surface area contributed by atoms with Crippen molar-refractivity contribution in [1.29, 1.82) is 0 Å². The Morgan fingerprint density at radius 3 is 3.12 bits per heavy atom. The third kappa shape index (κ3) is 2.05. The monoisotopic (exact) mass is 217 g/mol. The summed E-state index contributed by atoms with van der Waals surface area (Å²) >= 11 is 0. The zero-order chi connectivity index (χ0) is 11.5. The first-order valence-electron chi connectivity index (χ1n) is 5.44. The number of amides is 1. The maximum Gasteiger partial charge on any atom is 0.271 e. The summed E-state index contributed by atoms with van der Waals surface area (Å²) in [4.78, 5) is 15.9. The van der Waals surface area contributed by atoms with Gasteiger partial charge in [-0.3, -0.25) is 4.79 Å². The van der Waals surface area contributed by atoms with Crippen molar-refractivity contribution in [3.8, 4) is 0 Å². The van der Waals surface area contributed by atoms with Crippen LogP contribution in [0.2, 0.25) is 0 Å². The molecule has 84 valence electrons. The van der Waals surface area contributed by atoms with Gasteiger partial charge in [0.25, 0.3) is 5.91 Å². The quantitative estimate of drug-likeness (QED) is 0.851. The number of carbonyl (C=O) groups is 1. The molecule has 2 rings (SSSR count). The fourth-order valence-electron chi connectivity index (χ4n) is 1.52. The molecule has 2 aromatic heterocycles. The SMILES string of the molecule is CCCNC(=O)c1cn2ccc(C)cc2n1. The molecule has 0 saturated carbocycles. The Morgan fingerprint density at radius 2 is 2.38 bits per heavy atom. The average Bonchev–Trinajstić information content (AvgIpc) is 2.68. The van der Waals surface area contributed by atoms with Gasteiger partial charge in [0.05, 0.1) is 0 Å². The lowest BCUT2D eigenvalue weighted by Crippen LogP contribution is -2.24. The molecule has 0 aliphatic rings. The van der Waals surface area contributed by atoms with E-state index in [0.717, 1.165) is 17.6 Å². The minimum absolute atomic E-state index is 0.108. The number of nitrogens with one attached hydrogen (secondary N) is 1. The molecule has 0 aliphatic heterocycles. The summed E-state index contributed by atoms with van der Waals surface area (Å²) in [6.45, 7) is 4.71. The number of fused-ring (bicyclic) bond motifs is 1. The van der Waals surface area contributed by atoms with Crippen LogP contribution in [-0.4, -0.2) is 21.8 Å². The summed E-state index contributed by atoms with van der Waals surface area (Å²) < 4.78 is 1.86. The Morgan fingerprint density at radius 1 is 1.56 bits per heavy atom.